The minimum absolute atomic E-state index is 0.694. The highest BCUT2D eigenvalue weighted by atomic mass is 127. The number of hydrogen-bond donors (Lipinski definition) is 0. The fourth-order valence-electron chi connectivity index (χ4n) is 2.27. The van der Waals surface area contributed by atoms with Gasteiger partial charge in [-0.05, 0) is 65.6 Å². The van der Waals surface area contributed by atoms with Gasteiger partial charge in [0.15, 0.2) is 0 Å². The predicted molar refractivity (Wildman–Crippen MR) is 77.9 cm³/mol. The number of rotatable bonds is 3. The van der Waals surface area contributed by atoms with Gasteiger partial charge in [0, 0.05) is 22.5 Å². The van der Waals surface area contributed by atoms with E-state index in [9.17, 15) is 0 Å². The van der Waals surface area contributed by atoms with Crippen LogP contribution in [-0.4, -0.2) is 23.9 Å². The summed E-state index contributed by atoms with van der Waals surface area (Å²) in [5, 5.41) is 0. The molecule has 1 saturated heterocycles. The lowest BCUT2D eigenvalue weighted by Gasteiger charge is -2.31. The Kier molecular flexibility index (Phi) is 4.92. The fourth-order valence-corrected chi connectivity index (χ4v) is 2.88. The number of piperidine rings is 1. The first-order valence-electron chi connectivity index (χ1n) is 5.80. The molecule has 0 bridgehead atoms. The number of hydrogen-bond acceptors (Lipinski definition) is 1. The van der Waals surface area contributed by atoms with E-state index in [-0.39, 0.29) is 0 Å². The van der Waals surface area contributed by atoms with Gasteiger partial charge >= 0.3 is 0 Å². The first kappa shape index (κ1) is 12.7. The molecule has 1 nitrogen and oxygen atoms in total. The summed E-state index contributed by atoms with van der Waals surface area (Å²) in [5.74, 6) is 1.50. The zero-order valence-electron chi connectivity index (χ0n) is 9.33. The van der Waals surface area contributed by atoms with Crippen LogP contribution in [0.1, 0.15) is 18.4 Å². The maximum absolute atomic E-state index is 5.94. The van der Waals surface area contributed by atoms with E-state index in [1.54, 1.807) is 0 Å². The second kappa shape index (κ2) is 6.22. The van der Waals surface area contributed by atoms with Crippen molar-refractivity contribution < 1.29 is 0 Å². The molecule has 3 heteroatoms. The summed E-state index contributed by atoms with van der Waals surface area (Å²) in [4.78, 5) is 2.53. The van der Waals surface area contributed by atoms with Crippen molar-refractivity contribution in [3.05, 3.63) is 33.4 Å². The molecule has 0 aromatic heterocycles. The molecular weight excluding hydrogens is 333 g/mol. The van der Waals surface area contributed by atoms with Crippen LogP contribution in [0.25, 0.3) is 0 Å². The normalized spacial score (nSPS) is 22.2. The van der Waals surface area contributed by atoms with Crippen LogP contribution in [0.5, 0.6) is 0 Å². The number of halogens is 2. The summed E-state index contributed by atoms with van der Waals surface area (Å²) in [5.41, 5.74) is 1.41. The van der Waals surface area contributed by atoms with Crippen molar-refractivity contribution >= 4 is 34.2 Å². The molecular formula is C13H17ClIN. The Hall–Kier alpha value is 0.200. The molecule has 0 saturated carbocycles. The Bertz CT molecular complexity index is 325. The van der Waals surface area contributed by atoms with E-state index in [0.29, 0.717) is 5.92 Å². The van der Waals surface area contributed by atoms with Crippen LogP contribution in [0.15, 0.2) is 24.3 Å². The Morgan fingerprint density at radius 3 is 2.75 bits per heavy atom. The van der Waals surface area contributed by atoms with Crippen molar-refractivity contribution in [2.45, 2.75) is 19.4 Å². The van der Waals surface area contributed by atoms with Gasteiger partial charge in [-0.2, -0.15) is 0 Å². The highest BCUT2D eigenvalue weighted by Gasteiger charge is 2.18. The van der Waals surface area contributed by atoms with Crippen molar-refractivity contribution in [2.75, 3.05) is 19.0 Å². The van der Waals surface area contributed by atoms with Gasteiger partial charge in [0.25, 0.3) is 0 Å². The molecule has 1 aliphatic heterocycles. The molecule has 16 heavy (non-hydrogen) atoms. The first-order chi connectivity index (χ1) is 7.78. The van der Waals surface area contributed by atoms with Gasteiger partial charge in [0.05, 0.1) is 0 Å². The zero-order valence-corrected chi connectivity index (χ0v) is 12.2. The lowest BCUT2D eigenvalue weighted by atomic mass is 9.99. The third-order valence-electron chi connectivity index (χ3n) is 3.14. The lowest BCUT2D eigenvalue weighted by molar-refractivity contribution is 0.178. The van der Waals surface area contributed by atoms with Crippen LogP contribution in [0, 0.1) is 9.49 Å². The van der Waals surface area contributed by atoms with Crippen LogP contribution in [-0.2, 0) is 6.54 Å². The molecule has 1 aliphatic rings. The highest BCUT2D eigenvalue weighted by molar-refractivity contribution is 14.1. The Morgan fingerprint density at radius 2 is 2.06 bits per heavy atom. The smallest absolute Gasteiger partial charge is 0.0263 e. The minimum Gasteiger partial charge on any atom is -0.299 e. The average molecular weight is 350 g/mol. The Labute approximate surface area is 116 Å². The SMILES string of the molecule is ClCC1CCCN(Cc2ccc(I)cc2)C1. The van der Waals surface area contributed by atoms with E-state index in [0.717, 1.165) is 19.0 Å². The minimum atomic E-state index is 0.694. The van der Waals surface area contributed by atoms with E-state index in [4.69, 9.17) is 11.6 Å². The van der Waals surface area contributed by atoms with Gasteiger partial charge in [-0.25, -0.2) is 0 Å². The number of likely N-dealkylation sites (tertiary alicyclic amines) is 1. The van der Waals surface area contributed by atoms with E-state index >= 15 is 0 Å². The summed E-state index contributed by atoms with van der Waals surface area (Å²) in [6, 6.07) is 8.82. The van der Waals surface area contributed by atoms with E-state index < -0.39 is 0 Å². The van der Waals surface area contributed by atoms with Gasteiger partial charge in [0.1, 0.15) is 0 Å². The molecule has 0 spiro atoms. The summed E-state index contributed by atoms with van der Waals surface area (Å²) < 4.78 is 1.30. The van der Waals surface area contributed by atoms with Crippen LogP contribution in [0.3, 0.4) is 0 Å². The zero-order chi connectivity index (χ0) is 11.4. The fraction of sp³-hybridized carbons (Fsp3) is 0.538. The molecule has 1 aromatic carbocycles. The molecule has 1 fully saturated rings. The van der Waals surface area contributed by atoms with Crippen molar-refractivity contribution in [1.29, 1.82) is 0 Å². The molecule has 0 aliphatic carbocycles. The van der Waals surface area contributed by atoms with Crippen molar-refractivity contribution in [2.24, 2.45) is 5.92 Å². The Balaban J connectivity index is 1.91. The third kappa shape index (κ3) is 3.60. The van der Waals surface area contributed by atoms with Crippen LogP contribution < -0.4 is 0 Å². The lowest BCUT2D eigenvalue weighted by Crippen LogP contribution is -2.35. The second-order valence-corrected chi connectivity index (χ2v) is 6.08. The van der Waals surface area contributed by atoms with Gasteiger partial charge in [-0.15, -0.1) is 11.6 Å². The summed E-state index contributed by atoms with van der Waals surface area (Å²) in [7, 11) is 0. The summed E-state index contributed by atoms with van der Waals surface area (Å²) >= 11 is 8.29. The maximum Gasteiger partial charge on any atom is 0.0263 e. The van der Waals surface area contributed by atoms with Crippen LogP contribution in [0.4, 0.5) is 0 Å². The monoisotopic (exact) mass is 349 g/mol. The second-order valence-electron chi connectivity index (χ2n) is 4.52. The third-order valence-corrected chi connectivity index (χ3v) is 4.30. The quantitative estimate of drug-likeness (QED) is 0.593. The van der Waals surface area contributed by atoms with Gasteiger partial charge in [-0.1, -0.05) is 12.1 Å². The maximum atomic E-state index is 5.94. The largest absolute Gasteiger partial charge is 0.299 e. The van der Waals surface area contributed by atoms with Crippen molar-refractivity contribution in [3.63, 3.8) is 0 Å². The molecule has 1 aromatic rings. The molecule has 0 radical (unpaired) electrons. The van der Waals surface area contributed by atoms with E-state index in [1.807, 2.05) is 0 Å². The molecule has 1 unspecified atom stereocenters. The molecule has 1 heterocycles. The van der Waals surface area contributed by atoms with Gasteiger partial charge in [0.2, 0.25) is 0 Å². The van der Waals surface area contributed by atoms with Gasteiger partial charge < -0.3 is 0 Å². The topological polar surface area (TPSA) is 3.24 Å². The highest BCUT2D eigenvalue weighted by Crippen LogP contribution is 2.19. The molecule has 0 N–H and O–H groups in total. The summed E-state index contributed by atoms with van der Waals surface area (Å²) in [6.07, 6.45) is 2.59. The Morgan fingerprint density at radius 1 is 1.31 bits per heavy atom. The predicted octanol–water partition coefficient (Wildman–Crippen LogP) is 3.74. The number of nitrogens with zero attached hydrogens (tertiary/aromatic N) is 1. The first-order valence-corrected chi connectivity index (χ1v) is 7.42. The standard InChI is InChI=1S/C13H17ClIN/c14-8-12-2-1-7-16(10-12)9-11-3-5-13(15)6-4-11/h3-6,12H,1-2,7-10H2. The van der Waals surface area contributed by atoms with Crippen molar-refractivity contribution in [3.8, 4) is 0 Å². The van der Waals surface area contributed by atoms with Crippen LogP contribution >= 0.6 is 34.2 Å². The molecule has 0 amide bonds. The number of benzene rings is 1. The average Bonchev–Trinajstić information content (AvgIpc) is 2.32. The van der Waals surface area contributed by atoms with Gasteiger partial charge in [-0.3, -0.25) is 4.90 Å². The van der Waals surface area contributed by atoms with E-state index in [2.05, 4.69) is 51.8 Å². The number of alkyl halides is 1. The molecule has 1 atom stereocenters. The van der Waals surface area contributed by atoms with Crippen molar-refractivity contribution in [1.82, 2.24) is 4.90 Å². The van der Waals surface area contributed by atoms with E-state index in [1.165, 1.54) is 28.5 Å². The summed E-state index contributed by atoms with van der Waals surface area (Å²) in [6.45, 7) is 3.46. The molecule has 88 valence electrons. The van der Waals surface area contributed by atoms with Crippen LogP contribution in [0.2, 0.25) is 0 Å². The molecule has 2 rings (SSSR count).